The number of benzene rings is 2. The van der Waals surface area contributed by atoms with Gasteiger partial charge in [0, 0.05) is 28.8 Å². The van der Waals surface area contributed by atoms with Crippen LogP contribution in [0, 0.1) is 5.92 Å². The summed E-state index contributed by atoms with van der Waals surface area (Å²) in [6.45, 7) is 1.56. The average Bonchev–Trinajstić information content (AvgIpc) is 2.88. The van der Waals surface area contributed by atoms with E-state index in [-0.39, 0.29) is 17.5 Å². The number of carbonyl (C=O) groups excluding carboxylic acids is 2. The first-order valence-corrected chi connectivity index (χ1v) is 7.66. The van der Waals surface area contributed by atoms with Gasteiger partial charge in [-0.1, -0.05) is 54.6 Å². The maximum absolute atomic E-state index is 12.9. The molecular formula is C20H15NO2. The maximum atomic E-state index is 12.9. The van der Waals surface area contributed by atoms with E-state index >= 15 is 0 Å². The predicted octanol–water partition coefficient (Wildman–Crippen LogP) is 3.67. The molecule has 2 aliphatic rings. The van der Waals surface area contributed by atoms with Crippen LogP contribution in [0.2, 0.25) is 0 Å². The third-order valence-electron chi connectivity index (χ3n) is 4.59. The quantitative estimate of drug-likeness (QED) is 0.849. The number of hydrogen-bond acceptors (Lipinski definition) is 3. The van der Waals surface area contributed by atoms with Crippen LogP contribution in [-0.2, 0) is 4.79 Å². The van der Waals surface area contributed by atoms with Crippen molar-refractivity contribution in [1.29, 1.82) is 0 Å². The fourth-order valence-corrected chi connectivity index (χ4v) is 3.51. The van der Waals surface area contributed by atoms with Crippen molar-refractivity contribution in [2.75, 3.05) is 0 Å². The lowest BCUT2D eigenvalue weighted by molar-refractivity contribution is -0.119. The second-order valence-electron chi connectivity index (χ2n) is 5.94. The Morgan fingerprint density at radius 3 is 2.30 bits per heavy atom. The average molecular weight is 301 g/mol. The highest BCUT2D eigenvalue weighted by Gasteiger charge is 2.41. The van der Waals surface area contributed by atoms with Crippen molar-refractivity contribution in [3.8, 4) is 0 Å². The van der Waals surface area contributed by atoms with Gasteiger partial charge in [0.2, 0.25) is 0 Å². The molecular weight excluding hydrogens is 286 g/mol. The number of rotatable bonds is 2. The maximum Gasteiger partial charge on any atom is 0.192 e. The first kappa shape index (κ1) is 13.8. The Balaban J connectivity index is 1.93. The fourth-order valence-electron chi connectivity index (χ4n) is 3.51. The molecule has 2 atom stereocenters. The topological polar surface area (TPSA) is 46.5 Å². The van der Waals surface area contributed by atoms with Crippen LogP contribution in [0.5, 0.6) is 0 Å². The Morgan fingerprint density at radius 1 is 0.957 bits per heavy atom. The van der Waals surface area contributed by atoms with Gasteiger partial charge in [-0.3, -0.25) is 14.6 Å². The Bertz CT molecular complexity index is 878. The Labute approximate surface area is 134 Å². The van der Waals surface area contributed by atoms with Crippen molar-refractivity contribution < 1.29 is 9.59 Å². The van der Waals surface area contributed by atoms with Crippen molar-refractivity contribution in [2.45, 2.75) is 12.8 Å². The number of allylic oxidation sites excluding steroid dienone is 1. The molecule has 0 aromatic heterocycles. The Hall–Kier alpha value is -2.81. The van der Waals surface area contributed by atoms with E-state index in [9.17, 15) is 9.59 Å². The van der Waals surface area contributed by atoms with Crippen LogP contribution in [0.15, 0.2) is 65.2 Å². The van der Waals surface area contributed by atoms with Crippen LogP contribution >= 0.6 is 0 Å². The minimum absolute atomic E-state index is 0.00690. The highest BCUT2D eigenvalue weighted by molar-refractivity contribution is 6.23. The third kappa shape index (κ3) is 2.00. The molecule has 1 aliphatic heterocycles. The van der Waals surface area contributed by atoms with Crippen LogP contribution in [0.4, 0.5) is 0 Å². The highest BCUT2D eigenvalue weighted by Crippen LogP contribution is 2.46. The summed E-state index contributed by atoms with van der Waals surface area (Å²) >= 11 is 0. The molecule has 1 aliphatic carbocycles. The molecule has 23 heavy (non-hydrogen) atoms. The summed E-state index contributed by atoms with van der Waals surface area (Å²) in [5.74, 6) is -0.638. The Kier molecular flexibility index (Phi) is 3.08. The number of carbonyl (C=O) groups is 2. The van der Waals surface area contributed by atoms with Gasteiger partial charge in [0.1, 0.15) is 5.78 Å². The van der Waals surface area contributed by atoms with Gasteiger partial charge in [-0.05, 0) is 12.5 Å². The molecule has 3 heteroatoms. The largest absolute Gasteiger partial charge is 0.299 e. The van der Waals surface area contributed by atoms with Crippen molar-refractivity contribution in [1.82, 2.24) is 0 Å². The molecule has 1 unspecified atom stereocenters. The summed E-state index contributed by atoms with van der Waals surface area (Å²) in [5, 5.41) is 0. The summed E-state index contributed by atoms with van der Waals surface area (Å²) in [5.41, 5.74) is 3.90. The number of Topliss-reactive ketones (excluding diaryl/α,β-unsaturated/α-hetero) is 2. The summed E-state index contributed by atoms with van der Waals surface area (Å²) < 4.78 is 0. The van der Waals surface area contributed by atoms with E-state index in [0.717, 1.165) is 16.8 Å². The monoisotopic (exact) mass is 301 g/mol. The van der Waals surface area contributed by atoms with Crippen LogP contribution in [0.25, 0.3) is 5.70 Å². The van der Waals surface area contributed by atoms with Crippen molar-refractivity contribution >= 4 is 23.5 Å². The minimum Gasteiger partial charge on any atom is -0.299 e. The summed E-state index contributed by atoms with van der Waals surface area (Å²) in [7, 11) is 0. The molecule has 2 aromatic carbocycles. The molecule has 0 amide bonds. The van der Waals surface area contributed by atoms with E-state index in [1.165, 1.54) is 0 Å². The molecule has 4 rings (SSSR count). The zero-order valence-electron chi connectivity index (χ0n) is 12.7. The molecule has 0 bridgehead atoms. The number of fused-ring (bicyclic) bond motifs is 2. The lowest BCUT2D eigenvalue weighted by Crippen LogP contribution is -2.27. The second kappa shape index (κ2) is 5.13. The molecule has 0 spiro atoms. The van der Waals surface area contributed by atoms with Gasteiger partial charge in [-0.25, -0.2) is 0 Å². The summed E-state index contributed by atoms with van der Waals surface area (Å²) in [6, 6.07) is 17.3. The van der Waals surface area contributed by atoms with Crippen LogP contribution < -0.4 is 0 Å². The van der Waals surface area contributed by atoms with E-state index in [0.29, 0.717) is 11.1 Å². The van der Waals surface area contributed by atoms with Crippen molar-refractivity contribution in [3.05, 3.63) is 76.9 Å². The van der Waals surface area contributed by atoms with E-state index in [4.69, 9.17) is 0 Å². The molecule has 3 nitrogen and oxygen atoms in total. The van der Waals surface area contributed by atoms with Gasteiger partial charge >= 0.3 is 0 Å². The Morgan fingerprint density at radius 2 is 1.61 bits per heavy atom. The van der Waals surface area contributed by atoms with Gasteiger partial charge in [0.25, 0.3) is 0 Å². The molecule has 112 valence electrons. The van der Waals surface area contributed by atoms with Crippen LogP contribution in [0.1, 0.15) is 34.3 Å². The SMILES string of the molecule is CC(=O)C1C=NC2=C(C(=O)c3ccccc32)[C@H]1c1ccccc1. The number of hydrogen-bond donors (Lipinski definition) is 0. The summed E-state index contributed by atoms with van der Waals surface area (Å²) in [4.78, 5) is 29.5. The van der Waals surface area contributed by atoms with E-state index in [1.54, 1.807) is 13.1 Å². The number of ketones is 2. The minimum atomic E-state index is -0.394. The normalized spacial score (nSPS) is 22.0. The van der Waals surface area contributed by atoms with E-state index in [1.807, 2.05) is 54.6 Å². The van der Waals surface area contributed by atoms with Crippen LogP contribution in [-0.4, -0.2) is 17.8 Å². The van der Waals surface area contributed by atoms with Crippen molar-refractivity contribution in [3.63, 3.8) is 0 Å². The first-order valence-electron chi connectivity index (χ1n) is 7.66. The van der Waals surface area contributed by atoms with Gasteiger partial charge in [-0.15, -0.1) is 0 Å². The predicted molar refractivity (Wildman–Crippen MR) is 89.5 cm³/mol. The third-order valence-corrected chi connectivity index (χ3v) is 4.59. The lowest BCUT2D eigenvalue weighted by atomic mass is 9.76. The van der Waals surface area contributed by atoms with Gasteiger partial charge in [0.15, 0.2) is 5.78 Å². The molecule has 0 saturated heterocycles. The van der Waals surface area contributed by atoms with Crippen molar-refractivity contribution in [2.24, 2.45) is 10.9 Å². The molecule has 0 saturated carbocycles. The zero-order chi connectivity index (χ0) is 16.0. The second-order valence-corrected chi connectivity index (χ2v) is 5.94. The standard InChI is InChI=1S/C20H15NO2/c1-12(22)16-11-21-19-14-9-5-6-10-15(14)20(23)18(19)17(16)13-7-3-2-4-8-13/h2-11,16-17H,1H3/t16?,17-/m0/s1. The fraction of sp³-hybridized carbons (Fsp3) is 0.150. The highest BCUT2D eigenvalue weighted by atomic mass is 16.1. The van der Waals surface area contributed by atoms with Gasteiger partial charge in [-0.2, -0.15) is 0 Å². The van der Waals surface area contributed by atoms with E-state index in [2.05, 4.69) is 4.99 Å². The first-order chi connectivity index (χ1) is 11.2. The molecule has 0 radical (unpaired) electrons. The smallest absolute Gasteiger partial charge is 0.192 e. The molecule has 0 fully saturated rings. The van der Waals surface area contributed by atoms with Gasteiger partial charge in [0.05, 0.1) is 11.6 Å². The number of aliphatic imine (C=N–C) groups is 1. The molecule has 2 aromatic rings. The van der Waals surface area contributed by atoms with Gasteiger partial charge < -0.3 is 0 Å². The zero-order valence-corrected chi connectivity index (χ0v) is 12.7. The lowest BCUT2D eigenvalue weighted by Gasteiger charge is -2.27. The molecule has 1 heterocycles. The number of nitrogens with zero attached hydrogens (tertiary/aromatic N) is 1. The molecule has 0 N–H and O–H groups in total. The van der Waals surface area contributed by atoms with Crippen LogP contribution in [0.3, 0.4) is 0 Å². The summed E-state index contributed by atoms with van der Waals surface area (Å²) in [6.07, 6.45) is 1.70. The van der Waals surface area contributed by atoms with E-state index < -0.39 is 5.92 Å².